The molecular formula is C12H14O6. The zero-order valence-electron chi connectivity index (χ0n) is 10.5. The molecule has 0 unspecified atom stereocenters. The number of carbonyl (C=O) groups is 2. The third-order valence-corrected chi connectivity index (χ3v) is 3.20. The van der Waals surface area contributed by atoms with E-state index in [1.165, 1.54) is 0 Å². The lowest BCUT2D eigenvalue weighted by molar-refractivity contribution is -0.183. The maximum Gasteiger partial charge on any atom is 0.373 e. The van der Waals surface area contributed by atoms with Gasteiger partial charge in [0.2, 0.25) is 0 Å². The molecule has 6 heteroatoms. The molecule has 1 aromatic rings. The first-order valence-corrected chi connectivity index (χ1v) is 5.18. The molecule has 0 heterocycles. The fourth-order valence-corrected chi connectivity index (χ4v) is 2.02. The molecule has 18 heavy (non-hydrogen) atoms. The summed E-state index contributed by atoms with van der Waals surface area (Å²) in [5.74, 6) is -1.78. The maximum atomic E-state index is 11.5. The first kappa shape index (κ1) is 14.1. The van der Waals surface area contributed by atoms with Gasteiger partial charge in [-0.05, 0) is 49.9 Å². The van der Waals surface area contributed by atoms with Crippen molar-refractivity contribution in [3.05, 3.63) is 33.4 Å². The Morgan fingerprint density at radius 2 is 0.944 bits per heavy atom. The minimum absolute atomic E-state index is 0.196. The summed E-state index contributed by atoms with van der Waals surface area (Å²) in [7, 11) is 0. The van der Waals surface area contributed by atoms with Gasteiger partial charge in [-0.3, -0.25) is 9.78 Å². The van der Waals surface area contributed by atoms with Crippen molar-refractivity contribution in [1.29, 1.82) is 0 Å². The lowest BCUT2D eigenvalue weighted by atomic mass is 9.89. The molecule has 0 bridgehead atoms. The fourth-order valence-electron chi connectivity index (χ4n) is 2.02. The van der Waals surface area contributed by atoms with Crippen LogP contribution in [0.1, 0.15) is 43.0 Å². The van der Waals surface area contributed by atoms with Crippen molar-refractivity contribution in [1.82, 2.24) is 0 Å². The number of carbonyl (C=O) groups excluding carboxylic acids is 2. The normalized spacial score (nSPS) is 10.1. The van der Waals surface area contributed by atoms with E-state index < -0.39 is 11.9 Å². The van der Waals surface area contributed by atoms with Crippen LogP contribution in [0.4, 0.5) is 0 Å². The van der Waals surface area contributed by atoms with Gasteiger partial charge in [0.05, 0.1) is 11.1 Å². The van der Waals surface area contributed by atoms with Crippen LogP contribution in [0.15, 0.2) is 0 Å². The summed E-state index contributed by atoms with van der Waals surface area (Å²) in [6, 6.07) is 0. The molecule has 0 spiro atoms. The molecule has 2 N–H and O–H groups in total. The molecular weight excluding hydrogens is 240 g/mol. The second-order valence-electron chi connectivity index (χ2n) is 4.01. The summed E-state index contributed by atoms with van der Waals surface area (Å²) in [4.78, 5) is 30.4. The maximum absolute atomic E-state index is 11.5. The van der Waals surface area contributed by atoms with Crippen LogP contribution in [0.25, 0.3) is 0 Å². The lowest BCUT2D eigenvalue weighted by Crippen LogP contribution is -2.15. The van der Waals surface area contributed by atoms with Gasteiger partial charge in [-0.2, -0.15) is 10.5 Å². The van der Waals surface area contributed by atoms with Crippen molar-refractivity contribution in [3.8, 4) is 0 Å². The van der Waals surface area contributed by atoms with Gasteiger partial charge in [-0.25, -0.2) is 9.59 Å². The predicted octanol–water partition coefficient (Wildman–Crippen LogP) is 2.18. The molecule has 1 aromatic carbocycles. The predicted molar refractivity (Wildman–Crippen MR) is 61.5 cm³/mol. The molecule has 0 aliphatic rings. The third kappa shape index (κ3) is 2.07. The topological polar surface area (TPSA) is 93.1 Å². The Morgan fingerprint density at radius 1 is 0.722 bits per heavy atom. The molecule has 0 amide bonds. The van der Waals surface area contributed by atoms with E-state index >= 15 is 0 Å². The van der Waals surface area contributed by atoms with Crippen LogP contribution in [0.5, 0.6) is 0 Å². The number of rotatable bonds is 2. The first-order valence-electron chi connectivity index (χ1n) is 5.18. The SMILES string of the molecule is Cc1c(C)c(C(=O)OO)c(C)c(C)c1C(=O)OO. The van der Waals surface area contributed by atoms with Crippen LogP contribution in [-0.4, -0.2) is 22.5 Å². The summed E-state index contributed by atoms with van der Waals surface area (Å²) >= 11 is 0. The molecule has 0 saturated heterocycles. The van der Waals surface area contributed by atoms with E-state index in [0.29, 0.717) is 22.3 Å². The Morgan fingerprint density at radius 3 is 1.11 bits per heavy atom. The average Bonchev–Trinajstić information content (AvgIpc) is 2.36. The van der Waals surface area contributed by atoms with Crippen LogP contribution in [-0.2, 0) is 9.78 Å². The summed E-state index contributed by atoms with van der Waals surface area (Å²) < 4.78 is 0. The van der Waals surface area contributed by atoms with Gasteiger partial charge in [0.25, 0.3) is 0 Å². The van der Waals surface area contributed by atoms with E-state index in [1.807, 2.05) is 0 Å². The van der Waals surface area contributed by atoms with E-state index in [-0.39, 0.29) is 11.1 Å². The molecule has 98 valence electrons. The van der Waals surface area contributed by atoms with Crippen molar-refractivity contribution < 1.29 is 29.9 Å². The van der Waals surface area contributed by atoms with E-state index in [4.69, 9.17) is 10.5 Å². The van der Waals surface area contributed by atoms with Gasteiger partial charge in [-0.1, -0.05) is 0 Å². The van der Waals surface area contributed by atoms with Crippen LogP contribution in [0.2, 0.25) is 0 Å². The largest absolute Gasteiger partial charge is 0.373 e. The summed E-state index contributed by atoms with van der Waals surface area (Å²) in [5, 5.41) is 16.9. The zero-order chi connectivity index (χ0) is 14.0. The Labute approximate surface area is 104 Å². The van der Waals surface area contributed by atoms with Gasteiger partial charge in [0.15, 0.2) is 0 Å². The van der Waals surface area contributed by atoms with Crippen LogP contribution in [0.3, 0.4) is 0 Å². The molecule has 0 fully saturated rings. The van der Waals surface area contributed by atoms with Crippen LogP contribution in [0, 0.1) is 27.7 Å². The van der Waals surface area contributed by atoms with E-state index in [1.54, 1.807) is 27.7 Å². The lowest BCUT2D eigenvalue weighted by Gasteiger charge is -2.16. The van der Waals surface area contributed by atoms with Crippen molar-refractivity contribution >= 4 is 11.9 Å². The summed E-state index contributed by atoms with van der Waals surface area (Å²) in [6.45, 7) is 6.45. The van der Waals surface area contributed by atoms with Gasteiger partial charge in [-0.15, -0.1) is 0 Å². The fraction of sp³-hybridized carbons (Fsp3) is 0.333. The third-order valence-electron chi connectivity index (χ3n) is 3.20. The van der Waals surface area contributed by atoms with Gasteiger partial charge < -0.3 is 0 Å². The quantitative estimate of drug-likeness (QED) is 0.620. The van der Waals surface area contributed by atoms with Gasteiger partial charge in [0, 0.05) is 0 Å². The summed E-state index contributed by atoms with van der Waals surface area (Å²) in [5.41, 5.74) is 2.33. The average molecular weight is 254 g/mol. The molecule has 0 aliphatic carbocycles. The highest BCUT2D eigenvalue weighted by Crippen LogP contribution is 2.27. The minimum Gasteiger partial charge on any atom is -0.295 e. The van der Waals surface area contributed by atoms with Gasteiger partial charge >= 0.3 is 11.9 Å². The standard InChI is InChI=1S/C12H14O6/c1-5-6(2)10(12(14)18-16)8(4)7(3)9(5)11(13)17-15/h15-16H,1-4H3. The molecule has 6 nitrogen and oxygen atoms in total. The zero-order valence-corrected chi connectivity index (χ0v) is 10.5. The van der Waals surface area contributed by atoms with Crippen molar-refractivity contribution in [2.24, 2.45) is 0 Å². The monoisotopic (exact) mass is 254 g/mol. The smallest absolute Gasteiger partial charge is 0.295 e. The van der Waals surface area contributed by atoms with Crippen molar-refractivity contribution in [2.45, 2.75) is 27.7 Å². The van der Waals surface area contributed by atoms with Crippen LogP contribution >= 0.6 is 0 Å². The van der Waals surface area contributed by atoms with Crippen LogP contribution < -0.4 is 0 Å². The second kappa shape index (κ2) is 5.16. The molecule has 1 rings (SSSR count). The Bertz CT molecular complexity index is 442. The van der Waals surface area contributed by atoms with Crippen molar-refractivity contribution in [3.63, 3.8) is 0 Å². The summed E-state index contributed by atoms with van der Waals surface area (Å²) in [6.07, 6.45) is 0. The van der Waals surface area contributed by atoms with Gasteiger partial charge in [0.1, 0.15) is 0 Å². The highest BCUT2D eigenvalue weighted by Gasteiger charge is 2.24. The number of hydrogen-bond donors (Lipinski definition) is 2. The Balaban J connectivity index is 3.66. The molecule has 0 atom stereocenters. The molecule has 0 saturated carbocycles. The minimum atomic E-state index is -0.889. The molecule has 0 aliphatic heterocycles. The highest BCUT2D eigenvalue weighted by atomic mass is 17.1. The Kier molecular flexibility index (Phi) is 4.05. The number of hydrogen-bond acceptors (Lipinski definition) is 6. The van der Waals surface area contributed by atoms with E-state index in [2.05, 4.69) is 9.78 Å². The molecule has 0 radical (unpaired) electrons. The van der Waals surface area contributed by atoms with Crippen molar-refractivity contribution in [2.75, 3.05) is 0 Å². The second-order valence-corrected chi connectivity index (χ2v) is 4.01. The molecule has 0 aromatic heterocycles. The highest BCUT2D eigenvalue weighted by molar-refractivity contribution is 5.98. The number of benzene rings is 1. The van der Waals surface area contributed by atoms with E-state index in [9.17, 15) is 9.59 Å². The first-order chi connectivity index (χ1) is 8.36. The Hall–Kier alpha value is -1.92. The van der Waals surface area contributed by atoms with E-state index in [0.717, 1.165) is 0 Å².